The molecule has 6 nitrogen and oxygen atoms in total. The van der Waals surface area contributed by atoms with Crippen LogP contribution in [0.15, 0.2) is 24.3 Å². The van der Waals surface area contributed by atoms with Gasteiger partial charge in [-0.05, 0) is 31.5 Å². The summed E-state index contributed by atoms with van der Waals surface area (Å²) in [6, 6.07) is 5.55. The van der Waals surface area contributed by atoms with Gasteiger partial charge in [-0.25, -0.2) is 0 Å². The number of hydrogen-bond acceptors (Lipinski definition) is 4. The summed E-state index contributed by atoms with van der Waals surface area (Å²) in [5.74, 6) is -0.211. The highest BCUT2D eigenvalue weighted by molar-refractivity contribution is 5.94. The Bertz CT molecular complexity index is 404. The minimum Gasteiger partial charge on any atom is -0.352 e. The minimum absolute atomic E-state index is 0.0190. The van der Waals surface area contributed by atoms with Crippen molar-refractivity contribution in [1.29, 1.82) is 0 Å². The Hall–Kier alpha value is -1.95. The average molecular weight is 251 g/mol. The highest BCUT2D eigenvalue weighted by Crippen LogP contribution is 2.11. The molecule has 0 saturated heterocycles. The molecular formula is C12H17N3O3. The molecular weight excluding hydrogens is 234 g/mol. The first-order valence-electron chi connectivity index (χ1n) is 5.88. The first-order chi connectivity index (χ1) is 8.65. The van der Waals surface area contributed by atoms with E-state index >= 15 is 0 Å². The lowest BCUT2D eigenvalue weighted by molar-refractivity contribution is -0.384. The van der Waals surface area contributed by atoms with Gasteiger partial charge in [0.2, 0.25) is 0 Å². The van der Waals surface area contributed by atoms with Crippen molar-refractivity contribution in [3.63, 3.8) is 0 Å². The van der Waals surface area contributed by atoms with Crippen molar-refractivity contribution in [2.24, 2.45) is 5.73 Å². The zero-order valence-corrected chi connectivity index (χ0v) is 10.1. The number of rotatable bonds is 7. The molecule has 0 aliphatic rings. The molecule has 1 aromatic rings. The SMILES string of the molecule is NCCCCCNC(=O)c1ccc([N+](=O)[O-])cc1. The number of carbonyl (C=O) groups excluding carboxylic acids is 1. The first kappa shape index (κ1) is 14.1. The van der Waals surface area contributed by atoms with E-state index in [-0.39, 0.29) is 11.6 Å². The van der Waals surface area contributed by atoms with Gasteiger partial charge < -0.3 is 11.1 Å². The maximum atomic E-state index is 11.7. The van der Waals surface area contributed by atoms with Gasteiger partial charge >= 0.3 is 0 Å². The largest absolute Gasteiger partial charge is 0.352 e. The summed E-state index contributed by atoms with van der Waals surface area (Å²) in [6.45, 7) is 1.26. The van der Waals surface area contributed by atoms with Crippen molar-refractivity contribution in [3.8, 4) is 0 Å². The predicted octanol–water partition coefficient (Wildman–Crippen LogP) is 1.45. The topological polar surface area (TPSA) is 98.3 Å². The number of nitrogens with one attached hydrogen (secondary N) is 1. The maximum Gasteiger partial charge on any atom is 0.269 e. The molecule has 0 aromatic heterocycles. The predicted molar refractivity (Wildman–Crippen MR) is 68.3 cm³/mol. The summed E-state index contributed by atoms with van der Waals surface area (Å²) in [7, 11) is 0. The van der Waals surface area contributed by atoms with E-state index in [1.165, 1.54) is 24.3 Å². The van der Waals surface area contributed by atoms with Crippen LogP contribution in [0.1, 0.15) is 29.6 Å². The van der Waals surface area contributed by atoms with Crippen molar-refractivity contribution in [2.45, 2.75) is 19.3 Å². The van der Waals surface area contributed by atoms with Gasteiger partial charge in [0.25, 0.3) is 11.6 Å². The zero-order valence-electron chi connectivity index (χ0n) is 10.1. The van der Waals surface area contributed by atoms with Crippen LogP contribution in [0.5, 0.6) is 0 Å². The summed E-state index contributed by atoms with van der Waals surface area (Å²) in [5, 5.41) is 13.2. The van der Waals surface area contributed by atoms with E-state index in [4.69, 9.17) is 5.73 Å². The standard InChI is InChI=1S/C12H17N3O3/c13-8-2-1-3-9-14-12(16)10-4-6-11(7-5-10)15(17)18/h4-7H,1-3,8-9,13H2,(H,14,16). The molecule has 0 fully saturated rings. The molecule has 3 N–H and O–H groups in total. The zero-order chi connectivity index (χ0) is 13.4. The number of nitro benzene ring substituents is 1. The van der Waals surface area contributed by atoms with Crippen LogP contribution in [0.3, 0.4) is 0 Å². The van der Waals surface area contributed by atoms with Gasteiger partial charge in [-0.2, -0.15) is 0 Å². The molecule has 0 atom stereocenters. The molecule has 1 aromatic carbocycles. The van der Waals surface area contributed by atoms with Gasteiger partial charge in [0.1, 0.15) is 0 Å². The second-order valence-corrected chi connectivity index (χ2v) is 3.91. The Labute approximate surface area is 105 Å². The van der Waals surface area contributed by atoms with Crippen LogP contribution in [0, 0.1) is 10.1 Å². The molecule has 0 bridgehead atoms. The van der Waals surface area contributed by atoms with Crippen LogP contribution in [0.25, 0.3) is 0 Å². The van der Waals surface area contributed by atoms with Gasteiger partial charge in [0.05, 0.1) is 4.92 Å². The normalized spacial score (nSPS) is 10.1. The highest BCUT2D eigenvalue weighted by atomic mass is 16.6. The summed E-state index contributed by atoms with van der Waals surface area (Å²) < 4.78 is 0. The molecule has 98 valence electrons. The fourth-order valence-corrected chi connectivity index (χ4v) is 1.48. The third-order valence-corrected chi connectivity index (χ3v) is 2.51. The van der Waals surface area contributed by atoms with Crippen molar-refractivity contribution in [3.05, 3.63) is 39.9 Å². The third kappa shape index (κ3) is 4.50. The molecule has 0 spiro atoms. The quantitative estimate of drug-likeness (QED) is 0.435. The Morgan fingerprint density at radius 1 is 1.22 bits per heavy atom. The minimum atomic E-state index is -0.492. The second kappa shape index (κ2) is 7.39. The molecule has 0 unspecified atom stereocenters. The molecule has 0 aliphatic carbocycles. The molecule has 0 aliphatic heterocycles. The first-order valence-corrected chi connectivity index (χ1v) is 5.88. The number of nitrogens with two attached hydrogens (primary N) is 1. The second-order valence-electron chi connectivity index (χ2n) is 3.91. The van der Waals surface area contributed by atoms with Gasteiger partial charge in [-0.1, -0.05) is 6.42 Å². The smallest absolute Gasteiger partial charge is 0.269 e. The Morgan fingerprint density at radius 3 is 2.44 bits per heavy atom. The molecule has 1 rings (SSSR count). The highest BCUT2D eigenvalue weighted by Gasteiger charge is 2.08. The number of amides is 1. The van der Waals surface area contributed by atoms with Crippen molar-refractivity contribution >= 4 is 11.6 Å². The Kier molecular flexibility index (Phi) is 5.79. The van der Waals surface area contributed by atoms with E-state index in [0.717, 1.165) is 19.3 Å². The summed E-state index contributed by atoms with van der Waals surface area (Å²) in [5.41, 5.74) is 5.77. The van der Waals surface area contributed by atoms with Gasteiger partial charge in [0.15, 0.2) is 0 Å². The fraction of sp³-hybridized carbons (Fsp3) is 0.417. The van der Waals surface area contributed by atoms with E-state index in [1.54, 1.807) is 0 Å². The molecule has 0 radical (unpaired) electrons. The molecule has 6 heteroatoms. The van der Waals surface area contributed by atoms with Gasteiger partial charge in [0, 0.05) is 24.2 Å². The lowest BCUT2D eigenvalue weighted by Gasteiger charge is -2.04. The van der Waals surface area contributed by atoms with Crippen LogP contribution >= 0.6 is 0 Å². The molecule has 18 heavy (non-hydrogen) atoms. The van der Waals surface area contributed by atoms with Crippen molar-refractivity contribution < 1.29 is 9.72 Å². The monoisotopic (exact) mass is 251 g/mol. The molecule has 0 saturated carbocycles. The Balaban J connectivity index is 2.39. The van der Waals surface area contributed by atoms with Crippen LogP contribution in [0.4, 0.5) is 5.69 Å². The van der Waals surface area contributed by atoms with E-state index in [2.05, 4.69) is 5.32 Å². The van der Waals surface area contributed by atoms with E-state index in [9.17, 15) is 14.9 Å². The third-order valence-electron chi connectivity index (χ3n) is 2.51. The van der Waals surface area contributed by atoms with Crippen molar-refractivity contribution in [2.75, 3.05) is 13.1 Å². The van der Waals surface area contributed by atoms with Gasteiger partial charge in [-0.3, -0.25) is 14.9 Å². The van der Waals surface area contributed by atoms with Crippen LogP contribution in [-0.2, 0) is 0 Å². The van der Waals surface area contributed by atoms with E-state index < -0.39 is 4.92 Å². The summed E-state index contributed by atoms with van der Waals surface area (Å²) >= 11 is 0. The average Bonchev–Trinajstić information content (AvgIpc) is 2.38. The number of benzene rings is 1. The molecule has 1 amide bonds. The summed E-state index contributed by atoms with van der Waals surface area (Å²) in [6.07, 6.45) is 2.82. The van der Waals surface area contributed by atoms with Crippen LogP contribution in [0.2, 0.25) is 0 Å². The fourth-order valence-electron chi connectivity index (χ4n) is 1.48. The number of hydrogen-bond donors (Lipinski definition) is 2. The van der Waals surface area contributed by atoms with E-state index in [0.29, 0.717) is 18.7 Å². The van der Waals surface area contributed by atoms with Gasteiger partial charge in [-0.15, -0.1) is 0 Å². The van der Waals surface area contributed by atoms with Crippen LogP contribution in [-0.4, -0.2) is 23.9 Å². The van der Waals surface area contributed by atoms with E-state index in [1.807, 2.05) is 0 Å². The van der Waals surface area contributed by atoms with Crippen LogP contribution < -0.4 is 11.1 Å². The number of nitrogens with zero attached hydrogens (tertiary/aromatic N) is 1. The number of nitro groups is 1. The summed E-state index contributed by atoms with van der Waals surface area (Å²) in [4.78, 5) is 21.6. The number of carbonyl (C=O) groups is 1. The Morgan fingerprint density at radius 2 is 1.89 bits per heavy atom. The maximum absolute atomic E-state index is 11.7. The number of unbranched alkanes of at least 4 members (excludes halogenated alkanes) is 2. The molecule has 0 heterocycles. The lowest BCUT2D eigenvalue weighted by atomic mass is 10.2. The van der Waals surface area contributed by atoms with Crippen molar-refractivity contribution in [1.82, 2.24) is 5.32 Å². The number of non-ortho nitro benzene ring substituents is 1. The lowest BCUT2D eigenvalue weighted by Crippen LogP contribution is -2.24.